The first kappa shape index (κ1) is 11.7. The molecule has 0 aliphatic heterocycles. The van der Waals surface area contributed by atoms with Crippen LogP contribution in [0.1, 0.15) is 19.8 Å². The third-order valence-electron chi connectivity index (χ3n) is 2.37. The van der Waals surface area contributed by atoms with E-state index in [4.69, 9.17) is 5.73 Å². The van der Waals surface area contributed by atoms with E-state index in [2.05, 4.69) is 10.4 Å². The molecule has 0 saturated carbocycles. The van der Waals surface area contributed by atoms with Gasteiger partial charge in [-0.15, -0.1) is 0 Å². The lowest BCUT2D eigenvalue weighted by atomic mass is 10.0. The van der Waals surface area contributed by atoms with Crippen LogP contribution in [0.5, 0.6) is 0 Å². The molecule has 3 N–H and O–H groups in total. The lowest BCUT2D eigenvalue weighted by molar-refractivity contribution is -0.117. The molecule has 0 spiro atoms. The Kier molecular flexibility index (Phi) is 4.30. The average Bonchev–Trinajstić information content (AvgIpc) is 2.60. The summed E-state index contributed by atoms with van der Waals surface area (Å²) in [7, 11) is 1.81. The van der Waals surface area contributed by atoms with E-state index >= 15 is 0 Å². The van der Waals surface area contributed by atoms with Crippen molar-refractivity contribution >= 4 is 11.6 Å². The number of nitrogens with zero attached hydrogens (tertiary/aromatic N) is 2. The van der Waals surface area contributed by atoms with Gasteiger partial charge in [-0.2, -0.15) is 5.10 Å². The number of carbonyl (C=O) groups excluding carboxylic acids is 1. The van der Waals surface area contributed by atoms with Gasteiger partial charge in [0.25, 0.3) is 0 Å². The van der Waals surface area contributed by atoms with Gasteiger partial charge in [-0.25, -0.2) is 0 Å². The predicted octanol–water partition coefficient (Wildman–Crippen LogP) is 0.734. The molecule has 0 aromatic carbocycles. The first-order valence-corrected chi connectivity index (χ1v) is 5.14. The summed E-state index contributed by atoms with van der Waals surface area (Å²) >= 11 is 0. The van der Waals surface area contributed by atoms with E-state index in [1.165, 1.54) is 0 Å². The van der Waals surface area contributed by atoms with Gasteiger partial charge in [0.15, 0.2) is 0 Å². The maximum atomic E-state index is 11.5. The number of carbonyl (C=O) groups is 1. The van der Waals surface area contributed by atoms with Crippen LogP contribution in [-0.4, -0.2) is 22.2 Å². The van der Waals surface area contributed by atoms with Crippen molar-refractivity contribution in [1.29, 1.82) is 0 Å². The molecule has 0 saturated heterocycles. The normalized spacial score (nSPS) is 12.5. The monoisotopic (exact) mass is 210 g/mol. The van der Waals surface area contributed by atoms with E-state index in [1.807, 2.05) is 14.0 Å². The molecule has 1 aromatic rings. The van der Waals surface area contributed by atoms with Crippen molar-refractivity contribution in [2.45, 2.75) is 19.8 Å². The number of nitrogens with two attached hydrogens (primary N) is 1. The van der Waals surface area contributed by atoms with E-state index in [0.29, 0.717) is 13.0 Å². The van der Waals surface area contributed by atoms with Gasteiger partial charge in [0, 0.05) is 19.7 Å². The van der Waals surface area contributed by atoms with Crippen LogP contribution in [0.2, 0.25) is 0 Å². The first-order valence-electron chi connectivity index (χ1n) is 5.14. The molecule has 0 radical (unpaired) electrons. The van der Waals surface area contributed by atoms with Gasteiger partial charge in [-0.05, 0) is 12.5 Å². The average molecular weight is 210 g/mol. The molecule has 1 aromatic heterocycles. The van der Waals surface area contributed by atoms with Gasteiger partial charge in [-0.3, -0.25) is 9.48 Å². The van der Waals surface area contributed by atoms with E-state index < -0.39 is 0 Å². The summed E-state index contributed by atoms with van der Waals surface area (Å²) in [6.07, 6.45) is 4.79. The highest BCUT2D eigenvalue weighted by molar-refractivity contribution is 5.90. The second-order valence-corrected chi connectivity index (χ2v) is 3.66. The molecule has 1 amide bonds. The molecular formula is C10H18N4O. The lowest BCUT2D eigenvalue weighted by Crippen LogP contribution is -2.21. The molecule has 0 aliphatic carbocycles. The fourth-order valence-corrected chi connectivity index (χ4v) is 1.35. The van der Waals surface area contributed by atoms with E-state index in [9.17, 15) is 4.79 Å². The number of aromatic nitrogens is 2. The summed E-state index contributed by atoms with van der Waals surface area (Å²) in [5, 5.41) is 6.75. The zero-order valence-electron chi connectivity index (χ0n) is 9.23. The standard InChI is InChI=1S/C10H18N4O/c1-3-8(5-11)4-10(15)13-9-6-12-14(2)7-9/h6-8H,3-5,11H2,1-2H3,(H,13,15). The maximum Gasteiger partial charge on any atom is 0.224 e. The molecule has 1 unspecified atom stereocenters. The van der Waals surface area contributed by atoms with Crippen molar-refractivity contribution in [3.8, 4) is 0 Å². The van der Waals surface area contributed by atoms with E-state index in [-0.39, 0.29) is 11.8 Å². The molecule has 15 heavy (non-hydrogen) atoms. The van der Waals surface area contributed by atoms with E-state index in [1.54, 1.807) is 17.1 Å². The number of anilines is 1. The van der Waals surface area contributed by atoms with Crippen LogP contribution in [0.15, 0.2) is 12.4 Å². The summed E-state index contributed by atoms with van der Waals surface area (Å²) in [6.45, 7) is 2.59. The zero-order valence-corrected chi connectivity index (χ0v) is 9.23. The Bertz CT molecular complexity index is 317. The molecule has 0 fully saturated rings. The predicted molar refractivity (Wildman–Crippen MR) is 59.3 cm³/mol. The molecule has 1 atom stereocenters. The summed E-state index contributed by atoms with van der Waals surface area (Å²) in [5.74, 6) is 0.266. The Labute approximate surface area is 89.6 Å². The quantitative estimate of drug-likeness (QED) is 0.752. The molecule has 0 aliphatic rings. The van der Waals surface area contributed by atoms with Crippen molar-refractivity contribution in [3.05, 3.63) is 12.4 Å². The largest absolute Gasteiger partial charge is 0.330 e. The highest BCUT2D eigenvalue weighted by Gasteiger charge is 2.10. The van der Waals surface area contributed by atoms with Crippen LogP contribution >= 0.6 is 0 Å². The summed E-state index contributed by atoms with van der Waals surface area (Å²) < 4.78 is 1.65. The van der Waals surface area contributed by atoms with Gasteiger partial charge >= 0.3 is 0 Å². The molecular weight excluding hydrogens is 192 g/mol. The van der Waals surface area contributed by atoms with Gasteiger partial charge < -0.3 is 11.1 Å². The van der Waals surface area contributed by atoms with Crippen molar-refractivity contribution in [3.63, 3.8) is 0 Å². The van der Waals surface area contributed by atoms with Crippen LogP contribution in [0, 0.1) is 5.92 Å². The van der Waals surface area contributed by atoms with Crippen molar-refractivity contribution < 1.29 is 4.79 Å². The van der Waals surface area contributed by atoms with Crippen LogP contribution in [0.4, 0.5) is 5.69 Å². The molecule has 84 valence electrons. The highest BCUT2D eigenvalue weighted by Crippen LogP contribution is 2.09. The number of hydrogen-bond donors (Lipinski definition) is 2. The summed E-state index contributed by atoms with van der Waals surface area (Å²) in [4.78, 5) is 11.5. The Balaban J connectivity index is 2.42. The third-order valence-corrected chi connectivity index (χ3v) is 2.37. The SMILES string of the molecule is CCC(CN)CC(=O)Nc1cnn(C)c1. The van der Waals surface area contributed by atoms with E-state index in [0.717, 1.165) is 12.1 Å². The van der Waals surface area contributed by atoms with Gasteiger partial charge in [0.2, 0.25) is 5.91 Å². The number of rotatable bonds is 5. The second kappa shape index (κ2) is 5.50. The van der Waals surface area contributed by atoms with Gasteiger partial charge in [0.05, 0.1) is 11.9 Å². The Hall–Kier alpha value is -1.36. The fraction of sp³-hybridized carbons (Fsp3) is 0.600. The van der Waals surface area contributed by atoms with Crippen LogP contribution in [0.3, 0.4) is 0 Å². The molecule has 1 heterocycles. The number of nitrogens with one attached hydrogen (secondary N) is 1. The Morgan fingerprint density at radius 3 is 2.93 bits per heavy atom. The van der Waals surface area contributed by atoms with Crippen LogP contribution in [-0.2, 0) is 11.8 Å². The minimum absolute atomic E-state index is 0.000278. The number of amides is 1. The Morgan fingerprint density at radius 2 is 2.47 bits per heavy atom. The molecule has 5 nitrogen and oxygen atoms in total. The van der Waals surface area contributed by atoms with Crippen molar-refractivity contribution in [2.75, 3.05) is 11.9 Å². The molecule has 1 rings (SSSR count). The van der Waals surface area contributed by atoms with Gasteiger partial charge in [0.1, 0.15) is 0 Å². The minimum Gasteiger partial charge on any atom is -0.330 e. The summed E-state index contributed by atoms with van der Waals surface area (Å²) in [5.41, 5.74) is 6.26. The number of hydrogen-bond acceptors (Lipinski definition) is 3. The number of aryl methyl sites for hydroxylation is 1. The third kappa shape index (κ3) is 3.71. The summed E-state index contributed by atoms with van der Waals surface area (Å²) in [6, 6.07) is 0. The van der Waals surface area contributed by atoms with Gasteiger partial charge in [-0.1, -0.05) is 13.3 Å². The second-order valence-electron chi connectivity index (χ2n) is 3.66. The van der Waals surface area contributed by atoms with Crippen molar-refractivity contribution in [2.24, 2.45) is 18.7 Å². The van der Waals surface area contributed by atoms with Crippen LogP contribution in [0.25, 0.3) is 0 Å². The minimum atomic E-state index is 0.000278. The molecule has 5 heteroatoms. The van der Waals surface area contributed by atoms with Crippen LogP contribution < -0.4 is 11.1 Å². The smallest absolute Gasteiger partial charge is 0.224 e. The topological polar surface area (TPSA) is 72.9 Å². The highest BCUT2D eigenvalue weighted by atomic mass is 16.1. The first-order chi connectivity index (χ1) is 7.15. The molecule has 0 bridgehead atoms. The Morgan fingerprint density at radius 1 is 1.73 bits per heavy atom. The fourth-order valence-electron chi connectivity index (χ4n) is 1.35. The zero-order chi connectivity index (χ0) is 11.3. The maximum absolute atomic E-state index is 11.5. The lowest BCUT2D eigenvalue weighted by Gasteiger charge is -2.10. The van der Waals surface area contributed by atoms with Crippen molar-refractivity contribution in [1.82, 2.24) is 9.78 Å².